The van der Waals surface area contributed by atoms with Crippen molar-refractivity contribution in [1.29, 1.82) is 0 Å². The maximum atomic E-state index is 13.0. The summed E-state index contributed by atoms with van der Waals surface area (Å²) in [5.74, 6) is -0.413. The lowest BCUT2D eigenvalue weighted by Gasteiger charge is -2.19. The Labute approximate surface area is 175 Å². The van der Waals surface area contributed by atoms with E-state index in [4.69, 9.17) is 13.7 Å². The molecule has 0 atom stereocenters. The highest BCUT2D eigenvalue weighted by Crippen LogP contribution is 2.43. The topological polar surface area (TPSA) is 96.0 Å². The highest BCUT2D eigenvalue weighted by Gasteiger charge is 2.35. The normalized spacial score (nSPS) is 13.6. The number of benzene rings is 2. The molecular formula is C22H22O7S. The van der Waals surface area contributed by atoms with Gasteiger partial charge < -0.3 is 13.7 Å². The van der Waals surface area contributed by atoms with Crippen LogP contribution in [0.5, 0.6) is 11.5 Å². The number of carbonyl (C=O) groups is 2. The maximum absolute atomic E-state index is 13.0. The number of rotatable bonds is 7. The van der Waals surface area contributed by atoms with E-state index in [0.717, 1.165) is 5.56 Å². The first kappa shape index (κ1) is 21.6. The van der Waals surface area contributed by atoms with Gasteiger partial charge in [-0.1, -0.05) is 23.8 Å². The summed E-state index contributed by atoms with van der Waals surface area (Å²) in [6.45, 7) is 5.22. The standard InChI is InChI=1S/C22H22O7S/c1-13-5-8-16(9-6-13)30(25,26)29-21-17(10-7-14(2)11-23)20(27-4)15(3)18-12-28-22(24)19(18)21/h5-9,11H,10,12H2,1-4H3. The Bertz CT molecular complexity index is 1140. The second-order valence-electron chi connectivity index (χ2n) is 7.02. The molecule has 0 bridgehead atoms. The summed E-state index contributed by atoms with van der Waals surface area (Å²) in [6, 6.07) is 6.18. The van der Waals surface area contributed by atoms with Gasteiger partial charge in [0.1, 0.15) is 29.1 Å². The molecule has 3 rings (SSSR count). The zero-order chi connectivity index (χ0) is 22.1. The first-order valence-electron chi connectivity index (χ1n) is 9.22. The van der Waals surface area contributed by atoms with Gasteiger partial charge in [0.2, 0.25) is 0 Å². The summed E-state index contributed by atoms with van der Waals surface area (Å²) in [6.07, 6.45) is 2.43. The van der Waals surface area contributed by atoms with Gasteiger partial charge in [0.15, 0.2) is 5.75 Å². The maximum Gasteiger partial charge on any atom is 0.342 e. The van der Waals surface area contributed by atoms with Crippen LogP contribution >= 0.6 is 0 Å². The van der Waals surface area contributed by atoms with E-state index in [1.54, 1.807) is 32.1 Å². The molecular weight excluding hydrogens is 408 g/mol. The van der Waals surface area contributed by atoms with E-state index >= 15 is 0 Å². The van der Waals surface area contributed by atoms with Gasteiger partial charge in [-0.15, -0.1) is 0 Å². The fraction of sp³-hybridized carbons (Fsp3) is 0.273. The van der Waals surface area contributed by atoms with Gasteiger partial charge in [-0.05, 0) is 50.5 Å². The third kappa shape index (κ3) is 3.95. The Balaban J connectivity index is 2.23. The van der Waals surface area contributed by atoms with Crippen molar-refractivity contribution in [1.82, 2.24) is 0 Å². The highest BCUT2D eigenvalue weighted by atomic mass is 32.2. The Morgan fingerprint density at radius 1 is 1.17 bits per heavy atom. The minimum absolute atomic E-state index is 0.000778. The van der Waals surface area contributed by atoms with Crippen molar-refractivity contribution in [3.8, 4) is 11.5 Å². The van der Waals surface area contributed by atoms with Gasteiger partial charge in [0.05, 0.1) is 7.11 Å². The van der Waals surface area contributed by atoms with Gasteiger partial charge in [0, 0.05) is 11.1 Å². The molecule has 1 aliphatic heterocycles. The smallest absolute Gasteiger partial charge is 0.342 e. The summed E-state index contributed by atoms with van der Waals surface area (Å²) in [5, 5.41) is 0. The highest BCUT2D eigenvalue weighted by molar-refractivity contribution is 7.87. The van der Waals surface area contributed by atoms with Crippen molar-refractivity contribution in [2.45, 2.75) is 38.7 Å². The van der Waals surface area contributed by atoms with Crippen molar-refractivity contribution in [3.05, 3.63) is 63.7 Å². The first-order chi connectivity index (χ1) is 14.2. The summed E-state index contributed by atoms with van der Waals surface area (Å²) < 4.78 is 42.1. The molecule has 30 heavy (non-hydrogen) atoms. The third-order valence-electron chi connectivity index (χ3n) is 4.94. The second-order valence-corrected chi connectivity index (χ2v) is 8.56. The predicted octanol–water partition coefficient (Wildman–Crippen LogP) is 3.44. The molecule has 1 aliphatic rings. The van der Waals surface area contributed by atoms with Crippen LogP contribution < -0.4 is 8.92 Å². The van der Waals surface area contributed by atoms with Crippen LogP contribution in [0.4, 0.5) is 0 Å². The summed E-state index contributed by atoms with van der Waals surface area (Å²) >= 11 is 0. The number of aldehydes is 1. The molecule has 2 aromatic rings. The number of cyclic esters (lactones) is 1. The fourth-order valence-electron chi connectivity index (χ4n) is 3.28. The molecule has 0 unspecified atom stereocenters. The molecule has 158 valence electrons. The number of carbonyl (C=O) groups excluding carboxylic acids is 2. The van der Waals surface area contributed by atoms with E-state index in [2.05, 4.69) is 0 Å². The zero-order valence-corrected chi connectivity index (χ0v) is 18.0. The van der Waals surface area contributed by atoms with Crippen molar-refractivity contribution >= 4 is 22.4 Å². The molecule has 0 saturated heterocycles. The van der Waals surface area contributed by atoms with Crippen molar-refractivity contribution in [3.63, 3.8) is 0 Å². The first-order valence-corrected chi connectivity index (χ1v) is 10.6. The number of hydrogen-bond donors (Lipinski definition) is 0. The van der Waals surface area contributed by atoms with Crippen LogP contribution in [0.3, 0.4) is 0 Å². The van der Waals surface area contributed by atoms with Crippen LogP contribution in [-0.2, 0) is 32.7 Å². The van der Waals surface area contributed by atoms with E-state index < -0.39 is 16.1 Å². The average Bonchev–Trinajstić information content (AvgIpc) is 3.10. The number of esters is 1. The third-order valence-corrected chi connectivity index (χ3v) is 6.18. The molecule has 1 heterocycles. The predicted molar refractivity (Wildman–Crippen MR) is 109 cm³/mol. The van der Waals surface area contributed by atoms with Gasteiger partial charge in [0.25, 0.3) is 0 Å². The molecule has 0 saturated carbocycles. The van der Waals surface area contributed by atoms with Gasteiger partial charge in [-0.3, -0.25) is 4.79 Å². The van der Waals surface area contributed by atoms with Crippen molar-refractivity contribution in [2.75, 3.05) is 7.11 Å². The Kier molecular flexibility index (Phi) is 5.98. The molecule has 0 radical (unpaired) electrons. The zero-order valence-electron chi connectivity index (χ0n) is 17.1. The van der Waals surface area contributed by atoms with E-state index in [1.807, 2.05) is 6.92 Å². The minimum atomic E-state index is -4.23. The molecule has 0 fully saturated rings. The van der Waals surface area contributed by atoms with Crippen LogP contribution in [0, 0.1) is 13.8 Å². The van der Waals surface area contributed by atoms with Gasteiger partial charge >= 0.3 is 16.1 Å². The monoisotopic (exact) mass is 430 g/mol. The largest absolute Gasteiger partial charge is 0.496 e. The summed E-state index contributed by atoms with van der Waals surface area (Å²) in [7, 11) is -2.78. The lowest BCUT2D eigenvalue weighted by molar-refractivity contribution is -0.104. The Morgan fingerprint density at radius 2 is 1.83 bits per heavy atom. The SMILES string of the molecule is COc1c(C)c2c(c(OS(=O)(=O)c3ccc(C)cc3)c1CC=C(C)C=O)C(=O)OC2. The van der Waals surface area contributed by atoms with E-state index in [9.17, 15) is 18.0 Å². The van der Waals surface area contributed by atoms with Crippen molar-refractivity contribution < 1.29 is 31.7 Å². The van der Waals surface area contributed by atoms with Gasteiger partial charge in [-0.25, -0.2) is 4.79 Å². The number of allylic oxidation sites excluding steroid dienone is 2. The van der Waals surface area contributed by atoms with Crippen LogP contribution in [0.25, 0.3) is 0 Å². The molecule has 2 aromatic carbocycles. The molecule has 0 spiro atoms. The Morgan fingerprint density at radius 3 is 2.43 bits per heavy atom. The fourth-order valence-corrected chi connectivity index (χ4v) is 4.24. The molecule has 8 heteroatoms. The molecule has 7 nitrogen and oxygen atoms in total. The lowest BCUT2D eigenvalue weighted by atomic mass is 9.95. The molecule has 0 aliphatic carbocycles. The number of methoxy groups -OCH3 is 1. The lowest BCUT2D eigenvalue weighted by Crippen LogP contribution is -2.15. The van der Waals surface area contributed by atoms with Crippen LogP contribution in [0.15, 0.2) is 40.8 Å². The number of ether oxygens (including phenoxy) is 2. The van der Waals surface area contributed by atoms with E-state index in [1.165, 1.54) is 19.2 Å². The van der Waals surface area contributed by atoms with E-state index in [0.29, 0.717) is 34.3 Å². The quantitative estimate of drug-likeness (QED) is 0.287. The minimum Gasteiger partial charge on any atom is -0.496 e. The molecule has 0 aromatic heterocycles. The van der Waals surface area contributed by atoms with Crippen LogP contribution in [0.1, 0.15) is 39.5 Å². The molecule has 0 N–H and O–H groups in total. The number of fused-ring (bicyclic) bond motifs is 1. The van der Waals surface area contributed by atoms with E-state index in [-0.39, 0.29) is 29.2 Å². The van der Waals surface area contributed by atoms with Gasteiger partial charge in [-0.2, -0.15) is 8.42 Å². The Hall–Kier alpha value is -3.13. The van der Waals surface area contributed by atoms with Crippen LogP contribution in [0.2, 0.25) is 0 Å². The number of aryl methyl sites for hydroxylation is 1. The summed E-state index contributed by atoms with van der Waals surface area (Å²) in [4.78, 5) is 23.4. The van der Waals surface area contributed by atoms with Crippen LogP contribution in [-0.4, -0.2) is 27.8 Å². The average molecular weight is 430 g/mol. The summed E-state index contributed by atoms with van der Waals surface area (Å²) in [5.41, 5.74) is 2.94. The molecule has 0 amide bonds. The number of hydrogen-bond acceptors (Lipinski definition) is 7. The van der Waals surface area contributed by atoms with Crippen molar-refractivity contribution in [2.24, 2.45) is 0 Å². The second kappa shape index (κ2) is 8.31.